The normalized spacial score (nSPS) is 18.2. The summed E-state index contributed by atoms with van der Waals surface area (Å²) in [6, 6.07) is 13.1. The van der Waals surface area contributed by atoms with E-state index in [1.807, 2.05) is 0 Å². The zero-order valence-electron chi connectivity index (χ0n) is 15.7. The smallest absolute Gasteiger partial charge is 0.0540 e. The fourth-order valence-electron chi connectivity index (χ4n) is 3.51. The van der Waals surface area contributed by atoms with Gasteiger partial charge in [-0.25, -0.2) is 0 Å². The molecular formula is C22H28N2O2S. The summed E-state index contributed by atoms with van der Waals surface area (Å²) in [5.41, 5.74) is 2.28. The van der Waals surface area contributed by atoms with Crippen LogP contribution in [0.25, 0.3) is 0 Å². The highest BCUT2D eigenvalue weighted by molar-refractivity contribution is 7.09. The predicted molar refractivity (Wildman–Crippen MR) is 111 cm³/mol. The highest BCUT2D eigenvalue weighted by atomic mass is 32.1. The first-order valence-electron chi connectivity index (χ1n) is 9.57. The van der Waals surface area contributed by atoms with Crippen LogP contribution in [0.3, 0.4) is 0 Å². The maximum absolute atomic E-state index is 9.49. The minimum Gasteiger partial charge on any atom is -0.396 e. The minimum absolute atomic E-state index is 0.110. The SMILES string of the molecule is OCCC#Cc1ccc(CN2CCN(Cc3cccs3)[C@@H](CCO)C2)cc1. The lowest BCUT2D eigenvalue weighted by Crippen LogP contribution is -2.52. The van der Waals surface area contributed by atoms with Crippen molar-refractivity contribution < 1.29 is 10.2 Å². The second-order valence-corrected chi connectivity index (χ2v) is 7.96. The molecule has 1 aliphatic heterocycles. The van der Waals surface area contributed by atoms with Crippen LogP contribution in [0.2, 0.25) is 0 Å². The fourth-order valence-corrected chi connectivity index (χ4v) is 4.24. The molecule has 0 radical (unpaired) electrons. The van der Waals surface area contributed by atoms with E-state index in [9.17, 15) is 5.11 Å². The average Bonchev–Trinajstić information content (AvgIpc) is 3.19. The lowest BCUT2D eigenvalue weighted by molar-refractivity contribution is 0.0506. The van der Waals surface area contributed by atoms with E-state index in [0.717, 1.165) is 44.7 Å². The number of piperazine rings is 1. The molecule has 4 nitrogen and oxygen atoms in total. The van der Waals surface area contributed by atoms with Crippen LogP contribution in [0.5, 0.6) is 0 Å². The lowest BCUT2D eigenvalue weighted by Gasteiger charge is -2.41. The summed E-state index contributed by atoms with van der Waals surface area (Å²) in [7, 11) is 0. The third-order valence-electron chi connectivity index (χ3n) is 4.92. The van der Waals surface area contributed by atoms with Gasteiger partial charge in [-0.15, -0.1) is 11.3 Å². The van der Waals surface area contributed by atoms with Gasteiger partial charge in [0.15, 0.2) is 0 Å². The van der Waals surface area contributed by atoms with E-state index in [1.54, 1.807) is 11.3 Å². The summed E-state index contributed by atoms with van der Waals surface area (Å²) in [5, 5.41) is 20.4. The Morgan fingerprint density at radius 2 is 1.89 bits per heavy atom. The minimum atomic E-state index is 0.110. The molecule has 144 valence electrons. The van der Waals surface area contributed by atoms with Crippen LogP contribution in [-0.4, -0.2) is 58.9 Å². The first-order chi connectivity index (χ1) is 13.3. The van der Waals surface area contributed by atoms with Crippen molar-refractivity contribution in [2.75, 3.05) is 32.8 Å². The molecule has 1 aromatic carbocycles. The van der Waals surface area contributed by atoms with Crippen molar-refractivity contribution in [2.24, 2.45) is 0 Å². The third-order valence-corrected chi connectivity index (χ3v) is 5.78. The molecule has 1 saturated heterocycles. The highest BCUT2D eigenvalue weighted by Gasteiger charge is 2.26. The molecule has 0 spiro atoms. The Morgan fingerprint density at radius 1 is 1.04 bits per heavy atom. The van der Waals surface area contributed by atoms with Gasteiger partial charge in [-0.05, 0) is 35.6 Å². The molecule has 27 heavy (non-hydrogen) atoms. The first-order valence-corrected chi connectivity index (χ1v) is 10.4. The van der Waals surface area contributed by atoms with E-state index < -0.39 is 0 Å². The number of hydrogen-bond acceptors (Lipinski definition) is 5. The van der Waals surface area contributed by atoms with Crippen molar-refractivity contribution in [3.05, 3.63) is 57.8 Å². The largest absolute Gasteiger partial charge is 0.396 e. The van der Waals surface area contributed by atoms with Crippen LogP contribution in [0.1, 0.15) is 28.8 Å². The number of rotatable bonds is 7. The number of aliphatic hydroxyl groups excluding tert-OH is 2. The van der Waals surface area contributed by atoms with Crippen molar-refractivity contribution in [3.8, 4) is 11.8 Å². The number of aliphatic hydroxyl groups is 2. The second kappa shape index (κ2) is 10.6. The molecule has 2 N–H and O–H groups in total. The summed E-state index contributed by atoms with van der Waals surface area (Å²) in [5.74, 6) is 6.03. The quantitative estimate of drug-likeness (QED) is 0.721. The molecule has 3 rings (SSSR count). The first kappa shape index (κ1) is 20.1. The molecule has 5 heteroatoms. The monoisotopic (exact) mass is 384 g/mol. The Balaban J connectivity index is 1.56. The van der Waals surface area contributed by atoms with Gasteiger partial charge in [0, 0.05) is 62.2 Å². The molecule has 2 aromatic rings. The van der Waals surface area contributed by atoms with E-state index in [1.165, 1.54) is 10.4 Å². The van der Waals surface area contributed by atoms with Gasteiger partial charge in [0.05, 0.1) is 6.61 Å². The number of benzene rings is 1. The van der Waals surface area contributed by atoms with Crippen molar-refractivity contribution in [2.45, 2.75) is 32.0 Å². The second-order valence-electron chi connectivity index (χ2n) is 6.92. The topological polar surface area (TPSA) is 46.9 Å². The Kier molecular flexibility index (Phi) is 7.88. The van der Waals surface area contributed by atoms with E-state index in [-0.39, 0.29) is 13.2 Å². The van der Waals surface area contributed by atoms with E-state index in [0.29, 0.717) is 12.5 Å². The van der Waals surface area contributed by atoms with Gasteiger partial charge in [0.1, 0.15) is 0 Å². The van der Waals surface area contributed by atoms with E-state index in [2.05, 4.69) is 63.4 Å². The maximum Gasteiger partial charge on any atom is 0.0540 e. The number of hydrogen-bond donors (Lipinski definition) is 2. The van der Waals surface area contributed by atoms with Crippen molar-refractivity contribution >= 4 is 11.3 Å². The van der Waals surface area contributed by atoms with Gasteiger partial charge in [-0.2, -0.15) is 0 Å². The van der Waals surface area contributed by atoms with Gasteiger partial charge in [0.2, 0.25) is 0 Å². The van der Waals surface area contributed by atoms with Crippen LogP contribution >= 0.6 is 11.3 Å². The molecule has 0 saturated carbocycles. The van der Waals surface area contributed by atoms with E-state index in [4.69, 9.17) is 5.11 Å². The Morgan fingerprint density at radius 3 is 2.59 bits per heavy atom. The Labute approximate surface area is 166 Å². The zero-order chi connectivity index (χ0) is 18.9. The molecule has 0 amide bonds. The predicted octanol–water partition coefficient (Wildman–Crippen LogP) is 2.55. The molecule has 1 aliphatic rings. The molecule has 0 bridgehead atoms. The van der Waals surface area contributed by atoms with Crippen LogP contribution in [-0.2, 0) is 13.1 Å². The van der Waals surface area contributed by atoms with Crippen LogP contribution < -0.4 is 0 Å². The third kappa shape index (κ3) is 6.17. The maximum atomic E-state index is 9.49. The molecule has 0 aliphatic carbocycles. The van der Waals surface area contributed by atoms with Gasteiger partial charge >= 0.3 is 0 Å². The zero-order valence-corrected chi connectivity index (χ0v) is 16.5. The van der Waals surface area contributed by atoms with Gasteiger partial charge in [0.25, 0.3) is 0 Å². The molecule has 0 unspecified atom stereocenters. The standard InChI is InChI=1S/C22H28N2O2S/c25-13-2-1-4-19-6-8-20(9-7-19)16-23-11-12-24(21(17-23)10-14-26)18-22-5-3-15-27-22/h3,5-9,15,21,25-26H,2,10-14,16-18H2/t21-/m0/s1. The van der Waals surface area contributed by atoms with E-state index >= 15 is 0 Å². The molecule has 2 heterocycles. The summed E-state index contributed by atoms with van der Waals surface area (Å²) in [4.78, 5) is 6.39. The average molecular weight is 385 g/mol. The summed E-state index contributed by atoms with van der Waals surface area (Å²) in [6.45, 7) is 5.33. The van der Waals surface area contributed by atoms with Crippen molar-refractivity contribution in [1.82, 2.24) is 9.80 Å². The van der Waals surface area contributed by atoms with Gasteiger partial charge in [-0.1, -0.05) is 30.0 Å². The fraction of sp³-hybridized carbons (Fsp3) is 0.455. The Hall–Kier alpha value is -1.68. The lowest BCUT2D eigenvalue weighted by atomic mass is 10.1. The van der Waals surface area contributed by atoms with Gasteiger partial charge in [-0.3, -0.25) is 9.80 Å². The van der Waals surface area contributed by atoms with Crippen molar-refractivity contribution in [3.63, 3.8) is 0 Å². The van der Waals surface area contributed by atoms with Crippen LogP contribution in [0, 0.1) is 11.8 Å². The van der Waals surface area contributed by atoms with Crippen molar-refractivity contribution in [1.29, 1.82) is 0 Å². The molecule has 1 fully saturated rings. The highest BCUT2D eigenvalue weighted by Crippen LogP contribution is 2.20. The number of thiophene rings is 1. The van der Waals surface area contributed by atoms with Crippen LogP contribution in [0.4, 0.5) is 0 Å². The Bertz CT molecular complexity index is 734. The molecule has 1 aromatic heterocycles. The number of nitrogens with zero attached hydrogens (tertiary/aromatic N) is 2. The summed E-state index contributed by atoms with van der Waals surface area (Å²) >= 11 is 1.81. The summed E-state index contributed by atoms with van der Waals surface area (Å²) in [6.07, 6.45) is 1.34. The molecular weight excluding hydrogens is 356 g/mol. The van der Waals surface area contributed by atoms with Crippen LogP contribution in [0.15, 0.2) is 41.8 Å². The summed E-state index contributed by atoms with van der Waals surface area (Å²) < 4.78 is 0. The molecule has 1 atom stereocenters. The van der Waals surface area contributed by atoms with Gasteiger partial charge < -0.3 is 10.2 Å².